The lowest BCUT2D eigenvalue weighted by molar-refractivity contribution is -0.888. The van der Waals surface area contributed by atoms with Gasteiger partial charge in [-0.05, 0) is 20.8 Å². The topological polar surface area (TPSA) is 55.4 Å². The highest BCUT2D eigenvalue weighted by atomic mass is 35.5. The van der Waals surface area contributed by atoms with Gasteiger partial charge in [0, 0.05) is 24.1 Å². The smallest absolute Gasteiger partial charge is 0.333 e. The molecule has 0 aliphatic rings. The minimum absolute atomic E-state index is 0. The molecule has 8 heteroatoms. The molecule has 0 aliphatic carbocycles. The van der Waals surface area contributed by atoms with Crippen LogP contribution in [-0.2, 0) is 14.3 Å². The van der Waals surface area contributed by atoms with Gasteiger partial charge >= 0.3 is 5.97 Å². The van der Waals surface area contributed by atoms with Gasteiger partial charge in [0.2, 0.25) is 5.91 Å². The largest absolute Gasteiger partial charge is 1.00 e. The van der Waals surface area contributed by atoms with Crippen LogP contribution in [0.4, 0.5) is 0 Å². The van der Waals surface area contributed by atoms with E-state index in [1.807, 2.05) is 0 Å². The molecule has 0 heterocycles. The molecular weight excluding hydrogens is 401 g/mol. The van der Waals surface area contributed by atoms with Gasteiger partial charge in [0.15, 0.2) is 0 Å². The van der Waals surface area contributed by atoms with E-state index in [4.69, 9.17) is 4.74 Å². The van der Waals surface area contributed by atoms with E-state index in [1.165, 1.54) is 0 Å². The van der Waals surface area contributed by atoms with Crippen molar-refractivity contribution >= 4 is 11.9 Å². The Morgan fingerprint density at radius 1 is 0.929 bits per heavy atom. The van der Waals surface area contributed by atoms with Crippen LogP contribution in [0.15, 0.2) is 24.3 Å². The van der Waals surface area contributed by atoms with Gasteiger partial charge in [-0.3, -0.25) is 4.79 Å². The number of esters is 1. The maximum atomic E-state index is 11.1. The van der Waals surface area contributed by atoms with Crippen LogP contribution in [0.2, 0.25) is 0 Å². The minimum atomic E-state index is -0.295. The van der Waals surface area contributed by atoms with E-state index in [1.54, 1.807) is 13.8 Å². The first kappa shape index (κ1) is 34.4. The minimum Gasteiger partial charge on any atom is -1.00 e. The zero-order valence-electron chi connectivity index (χ0n) is 19.0. The van der Waals surface area contributed by atoms with Crippen LogP contribution in [0.3, 0.4) is 0 Å². The summed E-state index contributed by atoms with van der Waals surface area (Å²) in [5, 5.41) is 2.81. The molecule has 0 bridgehead atoms. The lowest BCUT2D eigenvalue weighted by atomic mass is 10.3. The standard InChI is InChI=1S/C10H20N2O.C10H20NO2.2ClH/c1-9(2)10(13)11-7-6-8-12(3,4)5;1-6-11(4,5)7-8-13-10(12)9(2)3;;/h1,6-8H2,2-5H3;2,6-8H2,1,3-5H3;2*1H/q;+1;;/p-1. The first-order valence-corrected chi connectivity index (χ1v) is 9.10. The van der Waals surface area contributed by atoms with Gasteiger partial charge in [-0.1, -0.05) is 13.2 Å². The summed E-state index contributed by atoms with van der Waals surface area (Å²) in [6.07, 6.45) is 1.00. The SMILES string of the molecule is C=C(C)C(=O)NCCC[N+](C)(C)C.C=C(C)C(=O)OCC[N+](C)(C)CC.[Cl-].[Cl-]. The second-order valence-corrected chi connectivity index (χ2v) is 8.30. The number of quaternary nitrogens is 2. The fourth-order valence-electron chi connectivity index (χ4n) is 1.57. The zero-order chi connectivity index (χ0) is 21.0. The second-order valence-electron chi connectivity index (χ2n) is 8.30. The van der Waals surface area contributed by atoms with Gasteiger partial charge < -0.3 is 43.8 Å². The number of amides is 1. The van der Waals surface area contributed by atoms with Crippen molar-refractivity contribution in [1.82, 2.24) is 5.32 Å². The first-order valence-electron chi connectivity index (χ1n) is 9.10. The summed E-state index contributed by atoms with van der Waals surface area (Å²) in [6.45, 7) is 16.7. The van der Waals surface area contributed by atoms with Crippen LogP contribution in [0, 0.1) is 0 Å². The van der Waals surface area contributed by atoms with E-state index in [0.29, 0.717) is 17.8 Å². The molecule has 0 aromatic carbocycles. The number of ether oxygens (including phenoxy) is 1. The average Bonchev–Trinajstić information content (AvgIpc) is 2.50. The molecule has 28 heavy (non-hydrogen) atoms. The van der Waals surface area contributed by atoms with Gasteiger partial charge in [0.05, 0.1) is 48.3 Å². The molecule has 0 spiro atoms. The number of rotatable bonds is 10. The van der Waals surface area contributed by atoms with Crippen LogP contribution < -0.4 is 30.1 Å². The highest BCUT2D eigenvalue weighted by molar-refractivity contribution is 5.92. The van der Waals surface area contributed by atoms with E-state index in [0.717, 1.165) is 41.6 Å². The Kier molecular flexibility index (Phi) is 20.7. The maximum Gasteiger partial charge on any atom is 0.333 e. The fourth-order valence-corrected chi connectivity index (χ4v) is 1.57. The number of halogens is 2. The summed E-state index contributed by atoms with van der Waals surface area (Å²) >= 11 is 0. The molecule has 6 nitrogen and oxygen atoms in total. The molecule has 1 amide bonds. The zero-order valence-corrected chi connectivity index (χ0v) is 20.5. The molecule has 0 radical (unpaired) electrons. The van der Waals surface area contributed by atoms with Crippen LogP contribution in [0.5, 0.6) is 0 Å². The third-order valence-corrected chi connectivity index (χ3v) is 3.81. The normalized spacial score (nSPS) is 10.3. The molecule has 0 saturated carbocycles. The Labute approximate surface area is 185 Å². The molecule has 0 unspecified atom stereocenters. The lowest BCUT2D eigenvalue weighted by Crippen LogP contribution is -3.00. The van der Waals surface area contributed by atoms with E-state index >= 15 is 0 Å². The third kappa shape index (κ3) is 23.0. The van der Waals surface area contributed by atoms with Crippen molar-refractivity contribution in [2.24, 2.45) is 0 Å². The molecule has 168 valence electrons. The van der Waals surface area contributed by atoms with E-state index in [2.05, 4.69) is 60.6 Å². The lowest BCUT2D eigenvalue weighted by Gasteiger charge is -2.27. The Morgan fingerprint density at radius 3 is 1.79 bits per heavy atom. The number of hydrogen-bond acceptors (Lipinski definition) is 3. The molecule has 1 N–H and O–H groups in total. The summed E-state index contributed by atoms with van der Waals surface area (Å²) in [5.41, 5.74) is 1.03. The van der Waals surface area contributed by atoms with E-state index in [-0.39, 0.29) is 36.7 Å². The van der Waals surface area contributed by atoms with Gasteiger partial charge in [-0.25, -0.2) is 4.79 Å². The number of carbonyl (C=O) groups is 2. The molecule has 0 aromatic rings. The average molecular weight is 442 g/mol. The van der Waals surface area contributed by atoms with Gasteiger partial charge in [-0.15, -0.1) is 0 Å². The van der Waals surface area contributed by atoms with Gasteiger partial charge in [0.25, 0.3) is 0 Å². The van der Waals surface area contributed by atoms with Crippen LogP contribution in [0.25, 0.3) is 0 Å². The third-order valence-electron chi connectivity index (χ3n) is 3.81. The fraction of sp³-hybridized carbons (Fsp3) is 0.700. The Morgan fingerprint density at radius 2 is 1.43 bits per heavy atom. The van der Waals surface area contributed by atoms with Crippen molar-refractivity contribution in [3.8, 4) is 0 Å². The van der Waals surface area contributed by atoms with Crippen LogP contribution in [-0.4, -0.2) is 88.9 Å². The number of nitrogens with zero attached hydrogens (tertiary/aromatic N) is 2. The van der Waals surface area contributed by atoms with Crippen LogP contribution >= 0.6 is 0 Å². The summed E-state index contributed by atoms with van der Waals surface area (Å²) in [7, 11) is 10.6. The van der Waals surface area contributed by atoms with Gasteiger partial charge in [-0.2, -0.15) is 0 Å². The van der Waals surface area contributed by atoms with Crippen molar-refractivity contribution < 1.29 is 48.1 Å². The first-order chi connectivity index (χ1) is 11.7. The molecule has 0 aromatic heterocycles. The molecule has 0 saturated heterocycles. The van der Waals surface area contributed by atoms with Gasteiger partial charge in [0.1, 0.15) is 13.2 Å². The number of hydrogen-bond donors (Lipinski definition) is 1. The molecule has 0 aliphatic heterocycles. The van der Waals surface area contributed by atoms with E-state index in [9.17, 15) is 9.59 Å². The van der Waals surface area contributed by atoms with Crippen molar-refractivity contribution in [2.75, 3.05) is 68.0 Å². The quantitative estimate of drug-likeness (QED) is 0.162. The summed E-state index contributed by atoms with van der Waals surface area (Å²) in [4.78, 5) is 22.0. The van der Waals surface area contributed by atoms with Crippen molar-refractivity contribution in [2.45, 2.75) is 27.2 Å². The van der Waals surface area contributed by atoms with Crippen molar-refractivity contribution in [3.63, 3.8) is 0 Å². The molecular formula is C20H41Cl2N3O3. The molecule has 0 rings (SSSR count). The molecule has 0 atom stereocenters. The summed E-state index contributed by atoms with van der Waals surface area (Å²) < 4.78 is 6.79. The Balaban J connectivity index is -0.000000192. The number of carbonyl (C=O) groups excluding carboxylic acids is 2. The highest BCUT2D eigenvalue weighted by Gasteiger charge is 2.12. The maximum absolute atomic E-state index is 11.1. The summed E-state index contributed by atoms with van der Waals surface area (Å²) in [5.74, 6) is -0.336. The predicted octanol–water partition coefficient (Wildman–Crippen LogP) is -4.01. The second kappa shape index (κ2) is 16.8. The number of likely N-dealkylation sites (N-methyl/N-ethyl adjacent to an activating group) is 1. The highest BCUT2D eigenvalue weighted by Crippen LogP contribution is 1.97. The van der Waals surface area contributed by atoms with E-state index < -0.39 is 0 Å². The number of nitrogens with one attached hydrogen (secondary N) is 1. The Hall–Kier alpha value is -1.08. The summed E-state index contributed by atoms with van der Waals surface area (Å²) in [6, 6.07) is 0. The van der Waals surface area contributed by atoms with Crippen molar-refractivity contribution in [1.29, 1.82) is 0 Å². The van der Waals surface area contributed by atoms with Crippen LogP contribution in [0.1, 0.15) is 27.2 Å². The monoisotopic (exact) mass is 441 g/mol. The Bertz CT molecular complexity index is 488. The van der Waals surface area contributed by atoms with Crippen molar-refractivity contribution in [3.05, 3.63) is 24.3 Å². The molecule has 0 fully saturated rings. The predicted molar refractivity (Wildman–Crippen MR) is 109 cm³/mol.